The van der Waals surface area contributed by atoms with Crippen molar-refractivity contribution in [1.29, 1.82) is 0 Å². The lowest BCUT2D eigenvalue weighted by molar-refractivity contribution is -0.148. The zero-order valence-corrected chi connectivity index (χ0v) is 11.8. The maximum Gasteiger partial charge on any atom is 0.317 e. The summed E-state index contributed by atoms with van der Waals surface area (Å²) in [5, 5.41) is 11.9. The molecule has 0 aromatic rings. The van der Waals surface area contributed by atoms with E-state index in [1.807, 2.05) is 6.92 Å². The zero-order valence-electron chi connectivity index (χ0n) is 11.8. The minimum Gasteiger partial charge on any atom is -0.481 e. The monoisotopic (exact) mass is 274 g/mol. The quantitative estimate of drug-likeness (QED) is 0.745. The van der Waals surface area contributed by atoms with E-state index in [1.54, 1.807) is 21.1 Å². The van der Waals surface area contributed by atoms with Crippen molar-refractivity contribution >= 4 is 12.0 Å². The Labute approximate surface area is 112 Å². The first kappa shape index (κ1) is 15.7. The number of nitrogens with one attached hydrogen (secondary N) is 1. The van der Waals surface area contributed by atoms with Crippen LogP contribution >= 0.6 is 0 Å². The van der Waals surface area contributed by atoms with Gasteiger partial charge in [-0.3, -0.25) is 4.79 Å². The molecule has 0 spiro atoms. The largest absolute Gasteiger partial charge is 0.481 e. The molecule has 1 aliphatic rings. The fourth-order valence-corrected chi connectivity index (χ4v) is 1.89. The number of aliphatic carboxylic acids is 1. The highest BCUT2D eigenvalue weighted by Crippen LogP contribution is 2.28. The standard InChI is InChI=1S/C12H22N2O5/c1-8(5-18-4)14(3)11(17)13-9-6-19-7-12(9,2)10(15)16/h8-9H,5-7H2,1-4H3,(H,13,17)(H,15,16). The van der Waals surface area contributed by atoms with Gasteiger partial charge in [0.1, 0.15) is 5.41 Å². The van der Waals surface area contributed by atoms with Gasteiger partial charge >= 0.3 is 12.0 Å². The number of likely N-dealkylation sites (N-methyl/N-ethyl adjacent to an activating group) is 1. The Bertz CT molecular complexity index is 349. The lowest BCUT2D eigenvalue weighted by Gasteiger charge is -2.30. The molecular weight excluding hydrogens is 252 g/mol. The molecule has 19 heavy (non-hydrogen) atoms. The van der Waals surface area contributed by atoms with Crippen LogP contribution in [0.2, 0.25) is 0 Å². The number of nitrogens with zero attached hydrogens (tertiary/aromatic N) is 1. The number of methoxy groups -OCH3 is 1. The van der Waals surface area contributed by atoms with Gasteiger partial charge in [0.05, 0.1) is 31.9 Å². The third kappa shape index (κ3) is 3.36. The molecule has 0 radical (unpaired) electrons. The molecule has 2 N–H and O–H groups in total. The number of amides is 2. The van der Waals surface area contributed by atoms with Crippen LogP contribution in [0.3, 0.4) is 0 Å². The van der Waals surface area contributed by atoms with Gasteiger partial charge in [-0.1, -0.05) is 0 Å². The highest BCUT2D eigenvalue weighted by molar-refractivity contribution is 5.79. The molecule has 1 heterocycles. The number of hydrogen-bond donors (Lipinski definition) is 2. The summed E-state index contributed by atoms with van der Waals surface area (Å²) >= 11 is 0. The van der Waals surface area contributed by atoms with Gasteiger partial charge < -0.3 is 24.8 Å². The van der Waals surface area contributed by atoms with E-state index in [0.717, 1.165) is 0 Å². The van der Waals surface area contributed by atoms with E-state index in [-0.39, 0.29) is 25.3 Å². The molecule has 0 saturated carbocycles. The number of carbonyl (C=O) groups excluding carboxylic acids is 1. The molecule has 0 aromatic carbocycles. The average Bonchev–Trinajstić information content (AvgIpc) is 2.71. The van der Waals surface area contributed by atoms with Crippen molar-refractivity contribution in [2.45, 2.75) is 25.9 Å². The smallest absolute Gasteiger partial charge is 0.317 e. The Morgan fingerprint density at radius 1 is 1.63 bits per heavy atom. The second-order valence-corrected chi connectivity index (χ2v) is 5.16. The summed E-state index contributed by atoms with van der Waals surface area (Å²) in [6, 6.07) is -0.953. The number of ether oxygens (including phenoxy) is 2. The molecule has 1 aliphatic heterocycles. The molecule has 0 aliphatic carbocycles. The summed E-state index contributed by atoms with van der Waals surface area (Å²) < 4.78 is 10.2. The third-order valence-corrected chi connectivity index (χ3v) is 3.63. The van der Waals surface area contributed by atoms with E-state index in [2.05, 4.69) is 5.32 Å². The number of carboxylic acid groups (broad SMARTS) is 1. The van der Waals surface area contributed by atoms with E-state index in [9.17, 15) is 14.7 Å². The minimum atomic E-state index is -1.08. The van der Waals surface area contributed by atoms with Gasteiger partial charge in [-0.2, -0.15) is 0 Å². The molecule has 0 bridgehead atoms. The predicted molar refractivity (Wildman–Crippen MR) is 68.0 cm³/mol. The lowest BCUT2D eigenvalue weighted by atomic mass is 9.85. The molecule has 1 saturated heterocycles. The second kappa shape index (κ2) is 6.21. The maximum atomic E-state index is 12.0. The Hall–Kier alpha value is -1.34. The van der Waals surface area contributed by atoms with Gasteiger partial charge in [0, 0.05) is 14.2 Å². The van der Waals surface area contributed by atoms with Crippen LogP contribution in [0.5, 0.6) is 0 Å². The van der Waals surface area contributed by atoms with Crippen molar-refractivity contribution in [1.82, 2.24) is 10.2 Å². The van der Waals surface area contributed by atoms with Crippen LogP contribution in [0.25, 0.3) is 0 Å². The van der Waals surface area contributed by atoms with Crippen molar-refractivity contribution in [2.24, 2.45) is 5.41 Å². The van der Waals surface area contributed by atoms with Crippen LogP contribution < -0.4 is 5.32 Å². The van der Waals surface area contributed by atoms with Gasteiger partial charge in [0.15, 0.2) is 0 Å². The van der Waals surface area contributed by atoms with E-state index < -0.39 is 17.4 Å². The Balaban J connectivity index is 2.64. The Kier molecular flexibility index (Phi) is 5.13. The first-order valence-electron chi connectivity index (χ1n) is 6.16. The number of rotatable bonds is 5. The van der Waals surface area contributed by atoms with Gasteiger partial charge in [-0.25, -0.2) is 4.79 Å². The topological polar surface area (TPSA) is 88.1 Å². The van der Waals surface area contributed by atoms with E-state index >= 15 is 0 Å². The zero-order chi connectivity index (χ0) is 14.6. The fraction of sp³-hybridized carbons (Fsp3) is 0.833. The molecule has 3 atom stereocenters. The summed E-state index contributed by atoms with van der Waals surface area (Å²) in [5.41, 5.74) is -1.08. The molecule has 1 fully saturated rings. The molecule has 1 rings (SSSR count). The molecule has 0 aromatic heterocycles. The van der Waals surface area contributed by atoms with Crippen LogP contribution in [0.4, 0.5) is 4.79 Å². The van der Waals surface area contributed by atoms with Crippen molar-refractivity contribution in [3.63, 3.8) is 0 Å². The Morgan fingerprint density at radius 3 is 2.79 bits per heavy atom. The number of carboxylic acids is 1. The van der Waals surface area contributed by atoms with Crippen LogP contribution in [-0.2, 0) is 14.3 Å². The van der Waals surface area contributed by atoms with Crippen LogP contribution in [0.1, 0.15) is 13.8 Å². The van der Waals surface area contributed by atoms with Gasteiger partial charge in [-0.15, -0.1) is 0 Å². The van der Waals surface area contributed by atoms with E-state index in [1.165, 1.54) is 4.90 Å². The Morgan fingerprint density at radius 2 is 2.26 bits per heavy atom. The number of urea groups is 1. The normalized spacial score (nSPS) is 27.9. The minimum absolute atomic E-state index is 0.0941. The summed E-state index contributed by atoms with van der Waals surface area (Å²) in [7, 11) is 3.21. The highest BCUT2D eigenvalue weighted by Gasteiger charge is 2.47. The molecule has 2 amide bonds. The fourth-order valence-electron chi connectivity index (χ4n) is 1.89. The summed E-state index contributed by atoms with van der Waals surface area (Å²) in [4.78, 5) is 24.8. The number of hydrogen-bond acceptors (Lipinski definition) is 4. The lowest BCUT2D eigenvalue weighted by Crippen LogP contribution is -2.54. The van der Waals surface area contributed by atoms with Crippen molar-refractivity contribution in [3.05, 3.63) is 0 Å². The van der Waals surface area contributed by atoms with Crippen LogP contribution in [-0.4, -0.2) is 68.1 Å². The number of carbonyl (C=O) groups is 2. The average molecular weight is 274 g/mol. The first-order valence-corrected chi connectivity index (χ1v) is 6.16. The molecular formula is C12H22N2O5. The van der Waals surface area contributed by atoms with Crippen LogP contribution in [0.15, 0.2) is 0 Å². The summed E-state index contributed by atoms with van der Waals surface area (Å²) in [6.45, 7) is 4.16. The maximum absolute atomic E-state index is 12.0. The molecule has 110 valence electrons. The summed E-state index contributed by atoms with van der Waals surface area (Å²) in [6.07, 6.45) is 0. The van der Waals surface area contributed by atoms with Crippen molar-refractivity contribution in [3.8, 4) is 0 Å². The first-order chi connectivity index (χ1) is 8.82. The van der Waals surface area contributed by atoms with E-state index in [4.69, 9.17) is 9.47 Å². The molecule has 7 nitrogen and oxygen atoms in total. The predicted octanol–water partition coefficient (Wildman–Crippen LogP) is 0.152. The van der Waals surface area contributed by atoms with Gasteiger partial charge in [0.2, 0.25) is 0 Å². The third-order valence-electron chi connectivity index (χ3n) is 3.63. The van der Waals surface area contributed by atoms with Gasteiger partial charge in [-0.05, 0) is 13.8 Å². The SMILES string of the molecule is COCC(C)N(C)C(=O)NC1COCC1(C)C(=O)O. The summed E-state index contributed by atoms with van der Waals surface area (Å²) in [5.74, 6) is -0.970. The van der Waals surface area contributed by atoms with Crippen molar-refractivity contribution < 1.29 is 24.2 Å². The highest BCUT2D eigenvalue weighted by atomic mass is 16.5. The molecule has 3 unspecified atom stereocenters. The van der Waals surface area contributed by atoms with Crippen LogP contribution in [0, 0.1) is 5.41 Å². The van der Waals surface area contributed by atoms with Crippen molar-refractivity contribution in [2.75, 3.05) is 34.0 Å². The second-order valence-electron chi connectivity index (χ2n) is 5.16. The molecule has 7 heteroatoms. The van der Waals surface area contributed by atoms with Gasteiger partial charge in [0.25, 0.3) is 0 Å². The van der Waals surface area contributed by atoms with E-state index in [0.29, 0.717) is 6.61 Å².